The molecule has 130 valence electrons. The van der Waals surface area contributed by atoms with Crippen molar-refractivity contribution < 1.29 is 18.5 Å². The summed E-state index contributed by atoms with van der Waals surface area (Å²) >= 11 is 0. The average molecular weight is 334 g/mol. The fraction of sp³-hybridized carbons (Fsp3) is 0.588. The molecular formula is C17H24BFN2O3. The van der Waals surface area contributed by atoms with Crippen LogP contribution in [0.1, 0.15) is 44.5 Å². The van der Waals surface area contributed by atoms with E-state index in [1.165, 1.54) is 18.2 Å². The van der Waals surface area contributed by atoms with Crippen LogP contribution in [0.2, 0.25) is 0 Å². The summed E-state index contributed by atoms with van der Waals surface area (Å²) in [5.74, 6) is -0.644. The Bertz CT molecular complexity index is 629. The highest BCUT2D eigenvalue weighted by atomic mass is 19.1. The van der Waals surface area contributed by atoms with Crippen LogP contribution in [-0.4, -0.2) is 43.4 Å². The third-order valence-corrected chi connectivity index (χ3v) is 5.16. The first-order valence-electron chi connectivity index (χ1n) is 8.36. The predicted molar refractivity (Wildman–Crippen MR) is 90.9 cm³/mol. The molecule has 7 heteroatoms. The van der Waals surface area contributed by atoms with Crippen molar-refractivity contribution >= 4 is 18.5 Å². The smallest absolute Gasteiger partial charge is 0.399 e. The maximum absolute atomic E-state index is 14.3. The minimum Gasteiger partial charge on any atom is -0.399 e. The van der Waals surface area contributed by atoms with Gasteiger partial charge in [-0.3, -0.25) is 4.79 Å². The van der Waals surface area contributed by atoms with E-state index < -0.39 is 24.1 Å². The molecule has 0 spiro atoms. The molecule has 2 N–H and O–H groups in total. The Balaban J connectivity index is 1.81. The molecule has 1 aromatic rings. The second kappa shape index (κ2) is 6.13. The maximum atomic E-state index is 14.3. The summed E-state index contributed by atoms with van der Waals surface area (Å²) in [6.45, 7) is 9.30. The number of amides is 1. The Hall–Kier alpha value is -1.44. The van der Waals surface area contributed by atoms with Gasteiger partial charge in [0.25, 0.3) is 5.91 Å². The molecule has 0 bridgehead atoms. The van der Waals surface area contributed by atoms with Gasteiger partial charge in [-0.1, -0.05) is 0 Å². The molecule has 0 saturated carbocycles. The lowest BCUT2D eigenvalue weighted by Gasteiger charge is -2.32. The SMILES string of the molecule is CC1(C)OB(c2cc(C(=O)N[C@@H]3CCNC3)ccc2F)OC1(C)C. The number of carbonyl (C=O) groups excluding carboxylic acids is 1. The molecule has 2 fully saturated rings. The molecule has 1 atom stereocenters. The monoisotopic (exact) mass is 334 g/mol. The molecule has 0 unspecified atom stereocenters. The number of nitrogens with one attached hydrogen (secondary N) is 2. The van der Waals surface area contributed by atoms with E-state index in [-0.39, 0.29) is 17.4 Å². The standard InChI is InChI=1S/C17H24BFN2O3/c1-16(2)17(3,4)24-18(23-16)13-9-11(5-6-14(13)19)15(22)21-12-7-8-20-10-12/h5-6,9,12,20H,7-8,10H2,1-4H3,(H,21,22)/t12-/m1/s1. The molecule has 0 aromatic heterocycles. The Kier molecular flexibility index (Phi) is 4.44. The van der Waals surface area contributed by atoms with E-state index in [1.807, 2.05) is 27.7 Å². The zero-order valence-electron chi connectivity index (χ0n) is 14.6. The summed E-state index contributed by atoms with van der Waals surface area (Å²) in [6, 6.07) is 4.42. The summed E-state index contributed by atoms with van der Waals surface area (Å²) in [4.78, 5) is 12.4. The van der Waals surface area contributed by atoms with Crippen LogP contribution >= 0.6 is 0 Å². The second-order valence-electron chi connectivity index (χ2n) is 7.49. The van der Waals surface area contributed by atoms with Gasteiger partial charge in [-0.15, -0.1) is 0 Å². The lowest BCUT2D eigenvalue weighted by Crippen LogP contribution is -2.41. The van der Waals surface area contributed by atoms with Crippen LogP contribution in [0.15, 0.2) is 18.2 Å². The molecule has 0 aliphatic carbocycles. The van der Waals surface area contributed by atoms with Crippen LogP contribution in [0.5, 0.6) is 0 Å². The molecule has 2 saturated heterocycles. The molecule has 24 heavy (non-hydrogen) atoms. The lowest BCUT2D eigenvalue weighted by molar-refractivity contribution is 0.00578. The Morgan fingerprint density at radius 3 is 2.54 bits per heavy atom. The molecule has 1 amide bonds. The largest absolute Gasteiger partial charge is 0.497 e. The topological polar surface area (TPSA) is 59.6 Å². The van der Waals surface area contributed by atoms with Gasteiger partial charge in [-0.2, -0.15) is 0 Å². The van der Waals surface area contributed by atoms with Crippen LogP contribution in [0.4, 0.5) is 4.39 Å². The quantitative estimate of drug-likeness (QED) is 0.816. The molecule has 2 aliphatic heterocycles. The van der Waals surface area contributed by atoms with Crippen LogP contribution in [-0.2, 0) is 9.31 Å². The highest BCUT2D eigenvalue weighted by Gasteiger charge is 2.52. The van der Waals surface area contributed by atoms with Crippen LogP contribution in [0, 0.1) is 5.82 Å². The van der Waals surface area contributed by atoms with Crippen molar-refractivity contribution in [2.45, 2.75) is 51.4 Å². The number of benzene rings is 1. The van der Waals surface area contributed by atoms with Crippen LogP contribution < -0.4 is 16.1 Å². The van der Waals surface area contributed by atoms with Gasteiger partial charge in [0, 0.05) is 23.6 Å². The van der Waals surface area contributed by atoms with Gasteiger partial charge in [-0.25, -0.2) is 4.39 Å². The Morgan fingerprint density at radius 2 is 1.96 bits per heavy atom. The second-order valence-corrected chi connectivity index (χ2v) is 7.49. The Morgan fingerprint density at radius 1 is 1.29 bits per heavy atom. The molecule has 0 radical (unpaired) electrons. The van der Waals surface area contributed by atoms with Crippen LogP contribution in [0.25, 0.3) is 0 Å². The van der Waals surface area contributed by atoms with Crippen molar-refractivity contribution in [1.82, 2.24) is 10.6 Å². The third-order valence-electron chi connectivity index (χ3n) is 5.16. The van der Waals surface area contributed by atoms with Gasteiger partial charge in [0.05, 0.1) is 11.2 Å². The number of carbonyl (C=O) groups is 1. The van der Waals surface area contributed by atoms with Crippen molar-refractivity contribution in [3.05, 3.63) is 29.6 Å². The van der Waals surface area contributed by atoms with Gasteiger partial charge >= 0.3 is 7.12 Å². The summed E-state index contributed by atoms with van der Waals surface area (Å²) in [5, 5.41) is 6.16. The first kappa shape index (κ1) is 17.4. The van der Waals surface area contributed by atoms with E-state index in [9.17, 15) is 9.18 Å². The van der Waals surface area contributed by atoms with E-state index in [2.05, 4.69) is 10.6 Å². The van der Waals surface area contributed by atoms with E-state index in [4.69, 9.17) is 9.31 Å². The zero-order valence-corrected chi connectivity index (χ0v) is 14.6. The van der Waals surface area contributed by atoms with Gasteiger partial charge in [0.15, 0.2) is 0 Å². The summed E-state index contributed by atoms with van der Waals surface area (Å²) in [7, 11) is -0.823. The first-order chi connectivity index (χ1) is 11.2. The third kappa shape index (κ3) is 3.20. The molecule has 2 heterocycles. The van der Waals surface area contributed by atoms with Gasteiger partial charge in [-0.05, 0) is 58.9 Å². The molecular weight excluding hydrogens is 310 g/mol. The lowest BCUT2D eigenvalue weighted by atomic mass is 9.78. The fourth-order valence-corrected chi connectivity index (χ4v) is 2.88. The molecule has 3 rings (SSSR count). The normalized spacial score (nSPS) is 25.0. The highest BCUT2D eigenvalue weighted by molar-refractivity contribution is 6.62. The average Bonchev–Trinajstić information content (AvgIpc) is 3.05. The molecule has 5 nitrogen and oxygen atoms in total. The van der Waals surface area contributed by atoms with Gasteiger partial charge in [0.2, 0.25) is 0 Å². The highest BCUT2D eigenvalue weighted by Crippen LogP contribution is 2.36. The van der Waals surface area contributed by atoms with Gasteiger partial charge < -0.3 is 19.9 Å². The van der Waals surface area contributed by atoms with E-state index in [1.54, 1.807) is 0 Å². The minimum atomic E-state index is -0.823. The van der Waals surface area contributed by atoms with Crippen molar-refractivity contribution in [1.29, 1.82) is 0 Å². The van der Waals surface area contributed by atoms with E-state index in [0.717, 1.165) is 19.5 Å². The maximum Gasteiger partial charge on any atom is 0.497 e. The number of halogens is 1. The summed E-state index contributed by atoms with van der Waals surface area (Å²) in [5.41, 5.74) is -0.450. The summed E-state index contributed by atoms with van der Waals surface area (Å²) in [6.07, 6.45) is 0.900. The van der Waals surface area contributed by atoms with E-state index in [0.29, 0.717) is 5.56 Å². The zero-order chi connectivity index (χ0) is 17.5. The van der Waals surface area contributed by atoms with Gasteiger partial charge in [0.1, 0.15) is 5.82 Å². The predicted octanol–water partition coefficient (Wildman–Crippen LogP) is 1.22. The molecule has 2 aliphatic rings. The number of rotatable bonds is 3. The summed E-state index contributed by atoms with van der Waals surface area (Å²) < 4.78 is 26.1. The van der Waals surface area contributed by atoms with Crippen LogP contribution in [0.3, 0.4) is 0 Å². The van der Waals surface area contributed by atoms with Crippen molar-refractivity contribution in [3.63, 3.8) is 0 Å². The molecule has 1 aromatic carbocycles. The van der Waals surface area contributed by atoms with Crippen molar-refractivity contribution in [2.24, 2.45) is 0 Å². The van der Waals surface area contributed by atoms with Crippen molar-refractivity contribution in [3.8, 4) is 0 Å². The van der Waals surface area contributed by atoms with Crippen molar-refractivity contribution in [2.75, 3.05) is 13.1 Å². The number of hydrogen-bond acceptors (Lipinski definition) is 4. The number of hydrogen-bond donors (Lipinski definition) is 2. The Labute approximate surface area is 142 Å². The fourth-order valence-electron chi connectivity index (χ4n) is 2.88. The minimum absolute atomic E-state index is 0.114. The van der Waals surface area contributed by atoms with E-state index >= 15 is 0 Å². The first-order valence-corrected chi connectivity index (χ1v) is 8.36.